The number of rotatable bonds is 6. The monoisotopic (exact) mass is 351 g/mol. The lowest BCUT2D eigenvalue weighted by Crippen LogP contribution is -2.43. The van der Waals surface area contributed by atoms with Crippen LogP contribution in [0.4, 0.5) is 0 Å². The van der Waals surface area contributed by atoms with Crippen molar-refractivity contribution in [2.24, 2.45) is 0 Å². The zero-order chi connectivity index (χ0) is 17.6. The highest BCUT2D eigenvalue weighted by atomic mass is 16.5. The van der Waals surface area contributed by atoms with Crippen molar-refractivity contribution in [1.82, 2.24) is 15.2 Å². The van der Waals surface area contributed by atoms with Crippen LogP contribution in [0.2, 0.25) is 0 Å². The summed E-state index contributed by atoms with van der Waals surface area (Å²) < 4.78 is 11.0. The fourth-order valence-electron chi connectivity index (χ4n) is 3.12. The number of aliphatic hydroxyl groups excluding tert-OH is 2. The summed E-state index contributed by atoms with van der Waals surface area (Å²) in [5.41, 5.74) is 0.884. The van der Waals surface area contributed by atoms with E-state index in [-0.39, 0.29) is 12.3 Å². The Labute approximate surface area is 146 Å². The minimum atomic E-state index is -1.06. The van der Waals surface area contributed by atoms with Crippen molar-refractivity contribution in [3.63, 3.8) is 0 Å². The van der Waals surface area contributed by atoms with Crippen LogP contribution in [-0.4, -0.2) is 83.3 Å². The van der Waals surface area contributed by atoms with Crippen LogP contribution >= 0.6 is 0 Å². The number of nitrogens with zero attached hydrogens (tertiary/aromatic N) is 2. The summed E-state index contributed by atoms with van der Waals surface area (Å²) in [4.78, 5) is 18.2. The second-order valence-electron chi connectivity index (χ2n) is 6.34. The van der Waals surface area contributed by atoms with E-state index in [1.807, 2.05) is 18.2 Å². The van der Waals surface area contributed by atoms with E-state index >= 15 is 0 Å². The number of hydrogen-bond acceptors (Lipinski definition) is 7. The predicted octanol–water partition coefficient (Wildman–Crippen LogP) is -1.09. The molecule has 3 heterocycles. The molecule has 0 saturated carbocycles. The Hall–Kier alpha value is -1.58. The fraction of sp³-hybridized carbons (Fsp3) is 0.647. The van der Waals surface area contributed by atoms with Crippen LogP contribution in [0.25, 0.3) is 0 Å². The van der Waals surface area contributed by atoms with Crippen molar-refractivity contribution in [2.45, 2.75) is 37.4 Å². The van der Waals surface area contributed by atoms with Crippen molar-refractivity contribution < 1.29 is 24.5 Å². The van der Waals surface area contributed by atoms with Crippen molar-refractivity contribution in [1.29, 1.82) is 0 Å². The molecule has 4 atom stereocenters. The van der Waals surface area contributed by atoms with Gasteiger partial charge in [-0.25, -0.2) is 0 Å². The number of amides is 1. The summed E-state index contributed by atoms with van der Waals surface area (Å²) in [7, 11) is 0. The van der Waals surface area contributed by atoms with E-state index in [1.54, 1.807) is 11.1 Å². The Morgan fingerprint density at radius 1 is 1.24 bits per heavy atom. The van der Waals surface area contributed by atoms with Crippen LogP contribution in [-0.2, 0) is 20.8 Å². The van der Waals surface area contributed by atoms with Crippen molar-refractivity contribution in [3.05, 3.63) is 30.1 Å². The lowest BCUT2D eigenvalue weighted by molar-refractivity contribution is -0.139. The fourth-order valence-corrected chi connectivity index (χ4v) is 3.12. The van der Waals surface area contributed by atoms with Gasteiger partial charge in [-0.15, -0.1) is 0 Å². The zero-order valence-corrected chi connectivity index (χ0v) is 14.1. The van der Waals surface area contributed by atoms with Crippen molar-refractivity contribution in [3.8, 4) is 0 Å². The van der Waals surface area contributed by atoms with Gasteiger partial charge < -0.3 is 29.9 Å². The molecule has 3 N–H and O–H groups in total. The second kappa shape index (κ2) is 8.68. The van der Waals surface area contributed by atoms with E-state index in [0.717, 1.165) is 5.69 Å². The quantitative estimate of drug-likeness (QED) is 0.598. The molecule has 2 aliphatic heterocycles. The van der Waals surface area contributed by atoms with Crippen LogP contribution in [0.5, 0.6) is 0 Å². The van der Waals surface area contributed by atoms with E-state index in [0.29, 0.717) is 39.4 Å². The van der Waals surface area contributed by atoms with E-state index < -0.39 is 24.4 Å². The molecule has 2 saturated heterocycles. The number of ether oxygens (including phenoxy) is 2. The normalized spacial score (nSPS) is 29.8. The molecule has 8 nitrogen and oxygen atoms in total. The molecule has 25 heavy (non-hydrogen) atoms. The second-order valence-corrected chi connectivity index (χ2v) is 6.34. The molecule has 138 valence electrons. The Balaban J connectivity index is 1.46. The third-order valence-corrected chi connectivity index (χ3v) is 4.58. The molecule has 0 spiro atoms. The van der Waals surface area contributed by atoms with Crippen LogP contribution in [0, 0.1) is 0 Å². The first-order valence-corrected chi connectivity index (χ1v) is 8.63. The Kier molecular flexibility index (Phi) is 6.33. The third kappa shape index (κ3) is 4.74. The van der Waals surface area contributed by atoms with Gasteiger partial charge in [-0.3, -0.25) is 9.78 Å². The molecule has 2 fully saturated rings. The van der Waals surface area contributed by atoms with Crippen molar-refractivity contribution in [2.75, 3.05) is 32.8 Å². The average molecular weight is 351 g/mol. The maximum absolute atomic E-state index is 12.3. The van der Waals surface area contributed by atoms with Gasteiger partial charge >= 0.3 is 0 Å². The zero-order valence-electron chi connectivity index (χ0n) is 14.1. The van der Waals surface area contributed by atoms with Gasteiger partial charge in [0.1, 0.15) is 12.2 Å². The Morgan fingerprint density at radius 2 is 2.00 bits per heavy atom. The highest BCUT2D eigenvalue weighted by Crippen LogP contribution is 2.24. The van der Waals surface area contributed by atoms with Gasteiger partial charge in [0.05, 0.1) is 37.5 Å². The summed E-state index contributed by atoms with van der Waals surface area (Å²) in [5, 5.41) is 23.5. The predicted molar refractivity (Wildman–Crippen MR) is 88.6 cm³/mol. The molecule has 0 aromatic carbocycles. The molecule has 3 rings (SSSR count). The molecule has 8 heteroatoms. The summed E-state index contributed by atoms with van der Waals surface area (Å²) in [6.45, 7) is 3.08. The van der Waals surface area contributed by atoms with E-state index in [4.69, 9.17) is 9.47 Å². The Morgan fingerprint density at radius 3 is 2.72 bits per heavy atom. The van der Waals surface area contributed by atoms with E-state index in [9.17, 15) is 15.0 Å². The number of aromatic nitrogens is 1. The topological polar surface area (TPSA) is 104 Å². The third-order valence-electron chi connectivity index (χ3n) is 4.58. The average Bonchev–Trinajstić information content (AvgIpc) is 2.91. The van der Waals surface area contributed by atoms with Gasteiger partial charge in [-0.1, -0.05) is 6.07 Å². The van der Waals surface area contributed by atoms with Gasteiger partial charge in [0.2, 0.25) is 5.91 Å². The largest absolute Gasteiger partial charge is 0.388 e. The van der Waals surface area contributed by atoms with Gasteiger partial charge in [0, 0.05) is 32.4 Å². The summed E-state index contributed by atoms with van der Waals surface area (Å²) in [5.74, 6) is -0.0818. The summed E-state index contributed by atoms with van der Waals surface area (Å²) in [6, 6.07) is 5.65. The highest BCUT2D eigenvalue weighted by Gasteiger charge is 2.43. The number of nitrogens with one attached hydrogen (secondary N) is 1. The molecule has 0 aliphatic carbocycles. The molecule has 0 radical (unpaired) electrons. The van der Waals surface area contributed by atoms with Gasteiger partial charge in [0.25, 0.3) is 0 Å². The number of morpholine rings is 1. The van der Waals surface area contributed by atoms with Gasteiger partial charge in [-0.05, 0) is 12.1 Å². The summed E-state index contributed by atoms with van der Waals surface area (Å²) in [6.07, 6.45) is -1.54. The maximum Gasteiger partial charge on any atom is 0.225 e. The van der Waals surface area contributed by atoms with Crippen molar-refractivity contribution >= 4 is 5.91 Å². The maximum atomic E-state index is 12.3. The molecule has 2 aliphatic rings. The minimum Gasteiger partial charge on any atom is -0.388 e. The van der Waals surface area contributed by atoms with Gasteiger partial charge in [-0.2, -0.15) is 0 Å². The Bertz CT molecular complexity index is 552. The molecule has 1 amide bonds. The number of aliphatic hydroxyl groups is 2. The SMILES string of the molecule is O=C(C[C@@H]1O[C@@H](CNCc2ccccn2)[C@@H](O)[C@H]1O)N1CCOCC1. The first-order chi connectivity index (χ1) is 12.1. The highest BCUT2D eigenvalue weighted by molar-refractivity contribution is 5.77. The lowest BCUT2D eigenvalue weighted by atomic mass is 10.0. The number of carbonyl (C=O) groups is 1. The standard InChI is InChI=1S/C17H25N3O5/c21-15(20-5-7-24-8-6-20)9-13-16(22)17(23)14(25-13)11-18-10-12-3-1-2-4-19-12/h1-4,13-14,16-18,22-23H,5-11H2/t13-,14-,16-,17+/m0/s1. The van der Waals surface area contributed by atoms with E-state index in [2.05, 4.69) is 10.3 Å². The molecular formula is C17H25N3O5. The van der Waals surface area contributed by atoms with Crippen LogP contribution in [0.15, 0.2) is 24.4 Å². The molecule has 0 unspecified atom stereocenters. The van der Waals surface area contributed by atoms with Crippen LogP contribution in [0.1, 0.15) is 12.1 Å². The smallest absolute Gasteiger partial charge is 0.225 e. The first-order valence-electron chi connectivity index (χ1n) is 8.63. The number of pyridine rings is 1. The molecule has 1 aromatic rings. The van der Waals surface area contributed by atoms with Crippen LogP contribution in [0.3, 0.4) is 0 Å². The molecular weight excluding hydrogens is 326 g/mol. The van der Waals surface area contributed by atoms with Crippen LogP contribution < -0.4 is 5.32 Å². The number of hydrogen-bond donors (Lipinski definition) is 3. The first kappa shape index (κ1) is 18.2. The molecule has 0 bridgehead atoms. The van der Waals surface area contributed by atoms with E-state index in [1.165, 1.54) is 0 Å². The minimum absolute atomic E-state index is 0.0645. The number of carbonyl (C=O) groups excluding carboxylic acids is 1. The lowest BCUT2D eigenvalue weighted by Gasteiger charge is -2.28. The summed E-state index contributed by atoms with van der Waals surface area (Å²) >= 11 is 0. The molecule has 1 aromatic heterocycles. The van der Waals surface area contributed by atoms with Gasteiger partial charge in [0.15, 0.2) is 0 Å².